The summed E-state index contributed by atoms with van der Waals surface area (Å²) in [5.41, 5.74) is 2.34. The molecule has 126 valence electrons. The molecule has 0 unspecified atom stereocenters. The molecule has 6 heteroatoms. The van der Waals surface area contributed by atoms with E-state index in [0.29, 0.717) is 12.0 Å². The molecule has 1 aliphatic rings. The minimum absolute atomic E-state index is 0.132. The molecular formula is C18H19NO4S. The minimum Gasteiger partial charge on any atom is -0.492 e. The van der Waals surface area contributed by atoms with Crippen molar-refractivity contribution in [1.82, 2.24) is 4.72 Å². The molecule has 5 nitrogen and oxygen atoms in total. The van der Waals surface area contributed by atoms with E-state index in [4.69, 9.17) is 4.74 Å². The van der Waals surface area contributed by atoms with E-state index in [1.54, 1.807) is 19.1 Å². The van der Waals surface area contributed by atoms with Gasteiger partial charge in [0.25, 0.3) is 10.0 Å². The number of ether oxygens (including phenoxy) is 1. The molecule has 0 saturated carbocycles. The van der Waals surface area contributed by atoms with Crippen LogP contribution in [0.4, 0.5) is 0 Å². The minimum atomic E-state index is -3.89. The zero-order valence-electron chi connectivity index (χ0n) is 13.6. The maximum atomic E-state index is 12.5. The van der Waals surface area contributed by atoms with Crippen molar-refractivity contribution in [3.8, 4) is 5.75 Å². The van der Waals surface area contributed by atoms with Crippen LogP contribution < -0.4 is 9.46 Å². The first kappa shape index (κ1) is 16.5. The molecule has 0 radical (unpaired) electrons. The van der Waals surface area contributed by atoms with Gasteiger partial charge in [-0.15, -0.1) is 0 Å². The third-order valence-electron chi connectivity index (χ3n) is 4.12. The van der Waals surface area contributed by atoms with Gasteiger partial charge in [-0.1, -0.05) is 30.3 Å². The van der Waals surface area contributed by atoms with Gasteiger partial charge in [-0.25, -0.2) is 13.1 Å². The standard InChI is InChI=1S/C18H19NO4S/c1-12-7-8-13(2)17(9-12)24(21,22)19-18(20)15-10-14-5-3-4-6-16(14)23-11-15/h3-9,15H,10-11H2,1-2H3,(H,19,20)/t15-/m1/s1. The molecule has 1 aliphatic heterocycles. The highest BCUT2D eigenvalue weighted by atomic mass is 32.2. The van der Waals surface area contributed by atoms with Crippen LogP contribution in [0.15, 0.2) is 47.4 Å². The van der Waals surface area contributed by atoms with Crippen molar-refractivity contribution < 1.29 is 17.9 Å². The number of hydrogen-bond donors (Lipinski definition) is 1. The highest BCUT2D eigenvalue weighted by molar-refractivity contribution is 7.90. The lowest BCUT2D eigenvalue weighted by molar-refractivity contribution is -0.124. The summed E-state index contributed by atoms with van der Waals surface area (Å²) in [7, 11) is -3.89. The summed E-state index contributed by atoms with van der Waals surface area (Å²) in [6, 6.07) is 12.6. The largest absolute Gasteiger partial charge is 0.492 e. The molecule has 0 fully saturated rings. The highest BCUT2D eigenvalue weighted by Crippen LogP contribution is 2.27. The Morgan fingerprint density at radius 3 is 2.71 bits per heavy atom. The van der Waals surface area contributed by atoms with E-state index in [1.165, 1.54) is 0 Å². The van der Waals surface area contributed by atoms with Crippen molar-refractivity contribution in [2.75, 3.05) is 6.61 Å². The molecule has 0 aliphatic carbocycles. The van der Waals surface area contributed by atoms with Gasteiger partial charge in [-0.3, -0.25) is 4.79 Å². The van der Waals surface area contributed by atoms with Crippen LogP contribution in [0, 0.1) is 19.8 Å². The zero-order chi connectivity index (χ0) is 17.3. The topological polar surface area (TPSA) is 72.5 Å². The molecule has 0 spiro atoms. The van der Waals surface area contributed by atoms with Crippen LogP contribution in [0.3, 0.4) is 0 Å². The number of para-hydroxylation sites is 1. The second-order valence-electron chi connectivity index (χ2n) is 6.06. The number of carbonyl (C=O) groups excluding carboxylic acids is 1. The second kappa shape index (κ2) is 6.28. The fourth-order valence-corrected chi connectivity index (χ4v) is 4.14. The van der Waals surface area contributed by atoms with Crippen LogP contribution in [0.25, 0.3) is 0 Å². The van der Waals surface area contributed by atoms with Crippen LogP contribution in [0.1, 0.15) is 16.7 Å². The van der Waals surface area contributed by atoms with Crippen LogP contribution >= 0.6 is 0 Å². The number of benzene rings is 2. The number of fused-ring (bicyclic) bond motifs is 1. The first-order valence-corrected chi connectivity index (χ1v) is 9.20. The molecule has 1 N–H and O–H groups in total. The molecule has 1 heterocycles. The Hall–Kier alpha value is -2.34. The van der Waals surface area contributed by atoms with E-state index in [0.717, 1.165) is 16.9 Å². The lowest BCUT2D eigenvalue weighted by atomic mass is 9.96. The van der Waals surface area contributed by atoms with Crippen LogP contribution in [-0.2, 0) is 21.2 Å². The summed E-state index contributed by atoms with van der Waals surface area (Å²) in [6.45, 7) is 3.69. The Bertz CT molecular complexity index is 890. The zero-order valence-corrected chi connectivity index (χ0v) is 14.4. The second-order valence-corrected chi connectivity index (χ2v) is 7.71. The number of sulfonamides is 1. The third kappa shape index (κ3) is 3.28. The van der Waals surface area contributed by atoms with Gasteiger partial charge in [0, 0.05) is 0 Å². The first-order chi connectivity index (χ1) is 11.4. The molecule has 1 atom stereocenters. The van der Waals surface area contributed by atoms with Crippen LogP contribution in [0.2, 0.25) is 0 Å². The van der Waals surface area contributed by atoms with Gasteiger partial charge in [-0.2, -0.15) is 0 Å². The molecule has 2 aromatic rings. The predicted octanol–water partition coefficient (Wildman–Crippen LogP) is 2.36. The summed E-state index contributed by atoms with van der Waals surface area (Å²) >= 11 is 0. The smallest absolute Gasteiger partial charge is 0.264 e. The lowest BCUT2D eigenvalue weighted by Crippen LogP contribution is -2.40. The SMILES string of the molecule is Cc1ccc(C)c(S(=O)(=O)NC(=O)[C@H]2COc3ccccc3C2)c1. The van der Waals surface area contributed by atoms with Crippen molar-refractivity contribution in [3.05, 3.63) is 59.2 Å². The molecule has 2 aromatic carbocycles. The summed E-state index contributed by atoms with van der Waals surface area (Å²) < 4.78 is 32.8. The van der Waals surface area contributed by atoms with Gasteiger partial charge < -0.3 is 4.74 Å². The van der Waals surface area contributed by atoms with E-state index >= 15 is 0 Å². The van der Waals surface area contributed by atoms with E-state index < -0.39 is 21.8 Å². The Morgan fingerprint density at radius 1 is 1.17 bits per heavy atom. The molecule has 24 heavy (non-hydrogen) atoms. The van der Waals surface area contributed by atoms with Crippen molar-refractivity contribution in [2.45, 2.75) is 25.2 Å². The number of nitrogens with one attached hydrogen (secondary N) is 1. The molecule has 1 amide bonds. The third-order valence-corrected chi connectivity index (χ3v) is 5.61. The monoisotopic (exact) mass is 345 g/mol. The quantitative estimate of drug-likeness (QED) is 0.927. The Morgan fingerprint density at radius 2 is 1.92 bits per heavy atom. The van der Waals surface area contributed by atoms with E-state index in [9.17, 15) is 13.2 Å². The number of hydrogen-bond acceptors (Lipinski definition) is 4. The molecule has 0 saturated heterocycles. The van der Waals surface area contributed by atoms with Crippen molar-refractivity contribution >= 4 is 15.9 Å². The van der Waals surface area contributed by atoms with E-state index in [2.05, 4.69) is 4.72 Å². The van der Waals surface area contributed by atoms with E-state index in [-0.39, 0.29) is 11.5 Å². The van der Waals surface area contributed by atoms with Gasteiger partial charge in [0.05, 0.1) is 10.8 Å². The van der Waals surface area contributed by atoms with Gasteiger partial charge in [0.1, 0.15) is 12.4 Å². The maximum Gasteiger partial charge on any atom is 0.264 e. The molecule has 0 aromatic heterocycles. The fourth-order valence-electron chi connectivity index (χ4n) is 2.76. The summed E-state index contributed by atoms with van der Waals surface area (Å²) in [6.07, 6.45) is 0.463. The predicted molar refractivity (Wildman–Crippen MR) is 90.4 cm³/mol. The average Bonchev–Trinajstić information content (AvgIpc) is 2.56. The number of amides is 1. The normalized spacial score (nSPS) is 16.8. The molecule has 0 bridgehead atoms. The number of carbonyl (C=O) groups is 1. The Balaban J connectivity index is 1.79. The summed E-state index contributed by atoms with van der Waals surface area (Å²) in [5.74, 6) is -0.316. The molecular weight excluding hydrogens is 326 g/mol. The average molecular weight is 345 g/mol. The van der Waals surface area contributed by atoms with Crippen LogP contribution in [-0.4, -0.2) is 20.9 Å². The lowest BCUT2D eigenvalue weighted by Gasteiger charge is -2.24. The number of rotatable bonds is 3. The number of aryl methyl sites for hydroxylation is 2. The van der Waals surface area contributed by atoms with Gasteiger partial charge in [-0.05, 0) is 49.1 Å². The van der Waals surface area contributed by atoms with Gasteiger partial charge in [0.15, 0.2) is 0 Å². The summed E-state index contributed by atoms with van der Waals surface area (Å²) in [4.78, 5) is 12.6. The highest BCUT2D eigenvalue weighted by Gasteiger charge is 2.29. The van der Waals surface area contributed by atoms with Crippen molar-refractivity contribution in [3.63, 3.8) is 0 Å². The van der Waals surface area contributed by atoms with Crippen molar-refractivity contribution in [2.24, 2.45) is 5.92 Å². The van der Waals surface area contributed by atoms with Crippen molar-refractivity contribution in [1.29, 1.82) is 0 Å². The van der Waals surface area contributed by atoms with E-state index in [1.807, 2.05) is 37.3 Å². The Kier molecular flexibility index (Phi) is 4.32. The van der Waals surface area contributed by atoms with Crippen LogP contribution in [0.5, 0.6) is 5.75 Å². The first-order valence-electron chi connectivity index (χ1n) is 7.71. The fraction of sp³-hybridized carbons (Fsp3) is 0.278. The maximum absolute atomic E-state index is 12.5. The Labute approximate surface area is 141 Å². The molecule has 3 rings (SSSR count). The van der Waals surface area contributed by atoms with Gasteiger partial charge in [0.2, 0.25) is 5.91 Å². The van der Waals surface area contributed by atoms with Gasteiger partial charge >= 0.3 is 0 Å². The summed E-state index contributed by atoms with van der Waals surface area (Å²) in [5, 5.41) is 0.